The summed E-state index contributed by atoms with van der Waals surface area (Å²) in [5.41, 5.74) is 1.75. The number of nitrogens with zero attached hydrogens (tertiary/aromatic N) is 4. The van der Waals surface area contributed by atoms with E-state index in [4.69, 9.17) is 0 Å². The number of anilines is 1. The maximum Gasteiger partial charge on any atom is 0.131 e. The number of aromatic nitrogens is 4. The van der Waals surface area contributed by atoms with Crippen molar-refractivity contribution in [1.29, 1.82) is 0 Å². The normalized spacial score (nSPS) is 10.5. The molecule has 17 heavy (non-hydrogen) atoms. The SMILES string of the molecule is CCNc1cc(-c2ccn(C)n2)nc(CC)n1. The number of nitrogens with one attached hydrogen (secondary N) is 1. The molecule has 2 aromatic heterocycles. The molecule has 1 N–H and O–H groups in total. The molecule has 0 radical (unpaired) electrons. The van der Waals surface area contributed by atoms with E-state index in [9.17, 15) is 0 Å². The predicted octanol–water partition coefficient (Wildman–Crippen LogP) is 1.87. The van der Waals surface area contributed by atoms with E-state index >= 15 is 0 Å². The van der Waals surface area contributed by atoms with E-state index in [1.54, 1.807) is 4.68 Å². The fourth-order valence-corrected chi connectivity index (χ4v) is 1.61. The van der Waals surface area contributed by atoms with E-state index in [1.807, 2.05) is 39.2 Å². The van der Waals surface area contributed by atoms with Crippen LogP contribution in [0, 0.1) is 0 Å². The lowest BCUT2D eigenvalue weighted by atomic mass is 10.3. The van der Waals surface area contributed by atoms with Crippen LogP contribution in [0.15, 0.2) is 18.3 Å². The van der Waals surface area contributed by atoms with Crippen molar-refractivity contribution in [2.45, 2.75) is 20.3 Å². The van der Waals surface area contributed by atoms with Crippen molar-refractivity contribution in [1.82, 2.24) is 19.7 Å². The molecule has 0 saturated carbocycles. The van der Waals surface area contributed by atoms with Crippen LogP contribution >= 0.6 is 0 Å². The van der Waals surface area contributed by atoms with E-state index in [1.165, 1.54) is 0 Å². The highest BCUT2D eigenvalue weighted by Gasteiger charge is 2.07. The van der Waals surface area contributed by atoms with Gasteiger partial charge < -0.3 is 5.32 Å². The lowest BCUT2D eigenvalue weighted by molar-refractivity contribution is 0.769. The lowest BCUT2D eigenvalue weighted by Crippen LogP contribution is -2.04. The third kappa shape index (κ3) is 2.61. The molecule has 0 spiro atoms. The number of hydrogen-bond donors (Lipinski definition) is 1. The van der Waals surface area contributed by atoms with E-state index in [2.05, 4.69) is 20.4 Å². The second-order valence-corrected chi connectivity index (χ2v) is 3.81. The molecule has 2 rings (SSSR count). The molecule has 0 aromatic carbocycles. The van der Waals surface area contributed by atoms with Gasteiger partial charge in [0.2, 0.25) is 0 Å². The quantitative estimate of drug-likeness (QED) is 0.872. The first-order valence-electron chi connectivity index (χ1n) is 5.84. The molecule has 0 bridgehead atoms. The summed E-state index contributed by atoms with van der Waals surface area (Å²) in [4.78, 5) is 8.91. The van der Waals surface area contributed by atoms with Crippen molar-refractivity contribution in [3.05, 3.63) is 24.2 Å². The van der Waals surface area contributed by atoms with Crippen LogP contribution in [0.25, 0.3) is 11.4 Å². The van der Waals surface area contributed by atoms with Gasteiger partial charge in [-0.05, 0) is 13.0 Å². The molecule has 0 aliphatic carbocycles. The van der Waals surface area contributed by atoms with Gasteiger partial charge in [0.05, 0.1) is 5.69 Å². The number of rotatable bonds is 4. The zero-order valence-corrected chi connectivity index (χ0v) is 10.4. The fourth-order valence-electron chi connectivity index (χ4n) is 1.61. The lowest BCUT2D eigenvalue weighted by Gasteiger charge is -2.06. The van der Waals surface area contributed by atoms with Crippen molar-refractivity contribution >= 4 is 5.82 Å². The Hall–Kier alpha value is -1.91. The van der Waals surface area contributed by atoms with E-state index in [0.717, 1.165) is 36.0 Å². The molecule has 0 atom stereocenters. The van der Waals surface area contributed by atoms with Gasteiger partial charge in [0.15, 0.2) is 0 Å². The molecule has 0 aliphatic heterocycles. The average Bonchev–Trinajstić information content (AvgIpc) is 2.76. The molecule has 5 nitrogen and oxygen atoms in total. The van der Waals surface area contributed by atoms with Gasteiger partial charge in [-0.1, -0.05) is 6.92 Å². The van der Waals surface area contributed by atoms with E-state index in [0.29, 0.717) is 0 Å². The smallest absolute Gasteiger partial charge is 0.131 e. The second kappa shape index (κ2) is 4.95. The first-order valence-corrected chi connectivity index (χ1v) is 5.84. The Balaban J connectivity index is 2.42. The Morgan fingerprint density at radius 2 is 2.06 bits per heavy atom. The zero-order chi connectivity index (χ0) is 12.3. The molecule has 0 fully saturated rings. The maximum atomic E-state index is 4.49. The third-order valence-electron chi connectivity index (χ3n) is 2.42. The van der Waals surface area contributed by atoms with Gasteiger partial charge in [-0.25, -0.2) is 9.97 Å². The Morgan fingerprint density at radius 1 is 1.24 bits per heavy atom. The maximum absolute atomic E-state index is 4.49. The zero-order valence-electron chi connectivity index (χ0n) is 10.4. The third-order valence-corrected chi connectivity index (χ3v) is 2.42. The summed E-state index contributed by atoms with van der Waals surface area (Å²) in [5.74, 6) is 1.70. The van der Waals surface area contributed by atoms with E-state index < -0.39 is 0 Å². The highest BCUT2D eigenvalue weighted by molar-refractivity contribution is 5.58. The minimum atomic E-state index is 0.819. The summed E-state index contributed by atoms with van der Waals surface area (Å²) >= 11 is 0. The Labute approximate surface area is 101 Å². The molecule has 5 heteroatoms. The molecule has 0 unspecified atom stereocenters. The van der Waals surface area contributed by atoms with Crippen molar-refractivity contribution in [3.63, 3.8) is 0 Å². The summed E-state index contributed by atoms with van der Waals surface area (Å²) in [5, 5.41) is 7.57. The van der Waals surface area contributed by atoms with Gasteiger partial charge in [0.25, 0.3) is 0 Å². The van der Waals surface area contributed by atoms with Crippen molar-refractivity contribution in [2.75, 3.05) is 11.9 Å². The van der Waals surface area contributed by atoms with Crippen LogP contribution in [0.4, 0.5) is 5.82 Å². The Kier molecular flexibility index (Phi) is 3.37. The summed E-state index contributed by atoms with van der Waals surface area (Å²) in [6.45, 7) is 4.95. The predicted molar refractivity (Wildman–Crippen MR) is 67.8 cm³/mol. The molecule has 90 valence electrons. The van der Waals surface area contributed by atoms with Crippen molar-refractivity contribution in [3.8, 4) is 11.4 Å². The van der Waals surface area contributed by atoms with Crippen LogP contribution in [-0.4, -0.2) is 26.3 Å². The van der Waals surface area contributed by atoms with Crippen molar-refractivity contribution < 1.29 is 0 Å². The van der Waals surface area contributed by atoms with Crippen LogP contribution in [0.1, 0.15) is 19.7 Å². The van der Waals surface area contributed by atoms with Crippen LogP contribution in [0.5, 0.6) is 0 Å². The van der Waals surface area contributed by atoms with Gasteiger partial charge in [0.1, 0.15) is 17.3 Å². The first kappa shape index (κ1) is 11.6. The first-order chi connectivity index (χ1) is 8.22. The molecule has 0 amide bonds. The second-order valence-electron chi connectivity index (χ2n) is 3.81. The summed E-state index contributed by atoms with van der Waals surface area (Å²) in [6.07, 6.45) is 2.73. The molecule has 2 aromatic rings. The van der Waals surface area contributed by atoms with Gasteiger partial charge in [0, 0.05) is 32.3 Å². The highest BCUT2D eigenvalue weighted by atomic mass is 15.3. The van der Waals surface area contributed by atoms with Crippen molar-refractivity contribution in [2.24, 2.45) is 7.05 Å². The monoisotopic (exact) mass is 231 g/mol. The topological polar surface area (TPSA) is 55.6 Å². The molecular weight excluding hydrogens is 214 g/mol. The molecule has 0 saturated heterocycles. The standard InChI is InChI=1S/C12H17N5/c1-4-11-14-10(8-12(15-11)13-5-2)9-6-7-17(3)16-9/h6-8H,4-5H2,1-3H3,(H,13,14,15). The van der Waals surface area contributed by atoms with Crippen LogP contribution in [0.2, 0.25) is 0 Å². The fraction of sp³-hybridized carbons (Fsp3) is 0.417. The van der Waals surface area contributed by atoms with Crippen LogP contribution in [-0.2, 0) is 13.5 Å². The summed E-state index contributed by atoms with van der Waals surface area (Å²) in [7, 11) is 1.90. The molecule has 2 heterocycles. The van der Waals surface area contributed by atoms with Gasteiger partial charge >= 0.3 is 0 Å². The van der Waals surface area contributed by atoms with Crippen LogP contribution < -0.4 is 5.32 Å². The minimum Gasteiger partial charge on any atom is -0.370 e. The number of hydrogen-bond acceptors (Lipinski definition) is 4. The van der Waals surface area contributed by atoms with Gasteiger partial charge in [-0.3, -0.25) is 4.68 Å². The van der Waals surface area contributed by atoms with E-state index in [-0.39, 0.29) is 0 Å². The Morgan fingerprint density at radius 3 is 2.65 bits per heavy atom. The average molecular weight is 231 g/mol. The largest absolute Gasteiger partial charge is 0.370 e. The summed E-state index contributed by atoms with van der Waals surface area (Å²) < 4.78 is 1.77. The van der Waals surface area contributed by atoms with Crippen LogP contribution in [0.3, 0.4) is 0 Å². The summed E-state index contributed by atoms with van der Waals surface area (Å²) in [6, 6.07) is 3.89. The molecule has 0 aliphatic rings. The molecular formula is C12H17N5. The van der Waals surface area contributed by atoms with Gasteiger partial charge in [-0.2, -0.15) is 5.10 Å². The minimum absolute atomic E-state index is 0.819. The number of aryl methyl sites for hydroxylation is 2. The highest BCUT2D eigenvalue weighted by Crippen LogP contribution is 2.17. The Bertz CT molecular complexity index is 503. The van der Waals surface area contributed by atoms with Gasteiger partial charge in [-0.15, -0.1) is 0 Å².